The summed E-state index contributed by atoms with van der Waals surface area (Å²) in [5.41, 5.74) is 0.864. The summed E-state index contributed by atoms with van der Waals surface area (Å²) in [4.78, 5) is 8.00. The average Bonchev–Trinajstić information content (AvgIpc) is 2.48. The first-order chi connectivity index (χ1) is 9.67. The molecule has 2 aromatic heterocycles. The molecule has 7 heteroatoms. The van der Waals surface area contributed by atoms with Crippen molar-refractivity contribution in [2.24, 2.45) is 0 Å². The molecule has 0 aliphatic heterocycles. The minimum absolute atomic E-state index is 0. The van der Waals surface area contributed by atoms with Crippen LogP contribution in [0.25, 0.3) is 15.6 Å². The Morgan fingerprint density at radius 3 is 2.38 bits per heavy atom. The maximum absolute atomic E-state index is 12.2. The van der Waals surface area contributed by atoms with Gasteiger partial charge in [0.1, 0.15) is 15.0 Å². The predicted octanol–water partition coefficient (Wildman–Crippen LogP) is 3.02. The van der Waals surface area contributed by atoms with Crippen LogP contribution >= 0.6 is 0 Å². The number of fused-ring (bicyclic) bond motifs is 1. The fourth-order valence-corrected chi connectivity index (χ4v) is 2.78. The van der Waals surface area contributed by atoms with Crippen LogP contribution < -0.4 is 0 Å². The minimum Gasteiger partial charge on any atom is -0.570 e. The molecule has 2 heterocycles. The Hall–Kier alpha value is -1.85. The SMILES string of the molecule is O=S(=O)([N-]c1cccc2cccnc12)c1ccccn1.[Zn]. The number of rotatable bonds is 3. The number of hydrogen-bond acceptors (Lipinski definition) is 4. The molecular weight excluding hydrogens is 340 g/mol. The average molecular weight is 350 g/mol. The van der Waals surface area contributed by atoms with Crippen molar-refractivity contribution in [2.75, 3.05) is 0 Å². The molecule has 0 amide bonds. The van der Waals surface area contributed by atoms with Gasteiger partial charge in [0.2, 0.25) is 0 Å². The van der Waals surface area contributed by atoms with Crippen molar-refractivity contribution in [3.8, 4) is 0 Å². The van der Waals surface area contributed by atoms with Crippen LogP contribution in [0.5, 0.6) is 0 Å². The van der Waals surface area contributed by atoms with E-state index in [1.54, 1.807) is 36.5 Å². The van der Waals surface area contributed by atoms with Gasteiger partial charge in [-0.25, -0.2) is 13.4 Å². The van der Waals surface area contributed by atoms with E-state index in [1.165, 1.54) is 12.3 Å². The first kappa shape index (κ1) is 15.5. The van der Waals surface area contributed by atoms with E-state index < -0.39 is 10.0 Å². The van der Waals surface area contributed by atoms with E-state index in [0.29, 0.717) is 11.2 Å². The van der Waals surface area contributed by atoms with Crippen molar-refractivity contribution < 1.29 is 27.9 Å². The summed E-state index contributed by atoms with van der Waals surface area (Å²) in [6.07, 6.45) is 3.03. The van der Waals surface area contributed by atoms with Crippen LogP contribution in [0.3, 0.4) is 0 Å². The second-order valence-electron chi connectivity index (χ2n) is 4.09. The van der Waals surface area contributed by atoms with E-state index in [1.807, 2.05) is 12.1 Å². The summed E-state index contributed by atoms with van der Waals surface area (Å²) in [5.74, 6) is 0. The fourth-order valence-electron chi connectivity index (χ4n) is 1.84. The molecule has 0 spiro atoms. The molecule has 0 bridgehead atoms. The van der Waals surface area contributed by atoms with Crippen molar-refractivity contribution >= 4 is 26.6 Å². The van der Waals surface area contributed by atoms with E-state index in [4.69, 9.17) is 0 Å². The first-order valence-electron chi connectivity index (χ1n) is 5.90. The molecule has 21 heavy (non-hydrogen) atoms. The van der Waals surface area contributed by atoms with Gasteiger partial charge in [-0.05, 0) is 23.6 Å². The van der Waals surface area contributed by atoms with E-state index >= 15 is 0 Å². The normalized spacial score (nSPS) is 10.9. The smallest absolute Gasteiger partial charge is 0.140 e. The summed E-state index contributed by atoms with van der Waals surface area (Å²) in [6.45, 7) is 0. The van der Waals surface area contributed by atoms with Crippen LogP contribution in [-0.4, -0.2) is 18.4 Å². The minimum atomic E-state index is -3.83. The van der Waals surface area contributed by atoms with Gasteiger partial charge in [0, 0.05) is 31.9 Å². The van der Waals surface area contributed by atoms with Gasteiger partial charge in [-0.2, -0.15) is 0 Å². The van der Waals surface area contributed by atoms with Gasteiger partial charge in [0.25, 0.3) is 0 Å². The van der Waals surface area contributed by atoms with Crippen LogP contribution in [-0.2, 0) is 29.5 Å². The standard InChI is InChI=1S/C14H10N3O2S.Zn/c18-20(19,13-8-1-2-9-15-13)17-12-7-3-5-11-6-4-10-16-14(11)12;/h1-10H;/q-1;. The Kier molecular flexibility index (Phi) is 4.65. The Morgan fingerprint density at radius 2 is 1.62 bits per heavy atom. The monoisotopic (exact) mass is 348 g/mol. The molecular formula is C14H10N3O2SZn-. The Bertz CT molecular complexity index is 849. The topological polar surface area (TPSA) is 74.0 Å². The maximum Gasteiger partial charge on any atom is 0.140 e. The van der Waals surface area contributed by atoms with Gasteiger partial charge < -0.3 is 4.72 Å². The third-order valence-electron chi connectivity index (χ3n) is 2.73. The summed E-state index contributed by atoms with van der Waals surface area (Å²) in [7, 11) is -3.83. The Balaban J connectivity index is 0.00000161. The van der Waals surface area contributed by atoms with Gasteiger partial charge in [0.15, 0.2) is 0 Å². The van der Waals surface area contributed by atoms with Crippen LogP contribution in [0.15, 0.2) is 66.0 Å². The summed E-state index contributed by atoms with van der Waals surface area (Å²) in [6, 6.07) is 13.5. The molecule has 3 aromatic rings. The predicted molar refractivity (Wildman–Crippen MR) is 76.2 cm³/mol. The zero-order valence-electron chi connectivity index (χ0n) is 11.0. The molecule has 0 N–H and O–H groups in total. The molecule has 0 saturated heterocycles. The van der Waals surface area contributed by atoms with Crippen LogP contribution in [0.2, 0.25) is 0 Å². The summed E-state index contributed by atoms with van der Waals surface area (Å²) in [5, 5.41) is 0.762. The summed E-state index contributed by atoms with van der Waals surface area (Å²) >= 11 is 0. The van der Waals surface area contributed by atoms with Crippen molar-refractivity contribution in [1.82, 2.24) is 9.97 Å². The van der Waals surface area contributed by atoms with Gasteiger partial charge in [-0.1, -0.05) is 30.3 Å². The van der Waals surface area contributed by atoms with Crippen LogP contribution in [0.4, 0.5) is 5.69 Å². The number of para-hydroxylation sites is 1. The van der Waals surface area contributed by atoms with Crippen molar-refractivity contribution in [2.45, 2.75) is 5.03 Å². The van der Waals surface area contributed by atoms with Gasteiger partial charge >= 0.3 is 0 Å². The molecule has 0 aliphatic rings. The van der Waals surface area contributed by atoms with Gasteiger partial charge in [0.05, 0.1) is 5.52 Å². The second-order valence-corrected chi connectivity index (χ2v) is 5.64. The van der Waals surface area contributed by atoms with Crippen molar-refractivity contribution in [3.05, 3.63) is 65.6 Å². The van der Waals surface area contributed by atoms with Crippen molar-refractivity contribution in [1.29, 1.82) is 0 Å². The van der Waals surface area contributed by atoms with E-state index in [0.717, 1.165) is 5.39 Å². The van der Waals surface area contributed by atoms with E-state index in [2.05, 4.69) is 14.7 Å². The number of aromatic nitrogens is 2. The number of nitrogens with zero attached hydrogens (tertiary/aromatic N) is 3. The van der Waals surface area contributed by atoms with Gasteiger partial charge in [-0.3, -0.25) is 4.98 Å². The number of sulfonamides is 1. The first-order valence-corrected chi connectivity index (χ1v) is 7.34. The molecule has 1 aromatic carbocycles. The molecule has 0 fully saturated rings. The number of pyridine rings is 2. The fraction of sp³-hybridized carbons (Fsp3) is 0. The molecule has 0 unspecified atom stereocenters. The molecule has 0 aliphatic carbocycles. The zero-order chi connectivity index (χ0) is 14.0. The zero-order valence-corrected chi connectivity index (χ0v) is 14.8. The van der Waals surface area contributed by atoms with Crippen molar-refractivity contribution in [3.63, 3.8) is 0 Å². The van der Waals surface area contributed by atoms with E-state index in [9.17, 15) is 8.42 Å². The van der Waals surface area contributed by atoms with Crippen LogP contribution in [0.1, 0.15) is 0 Å². The Labute approximate surface area is 135 Å². The third-order valence-corrected chi connectivity index (χ3v) is 3.94. The molecule has 3 rings (SSSR count). The molecule has 0 saturated carbocycles. The quantitative estimate of drug-likeness (QED) is 0.681. The third kappa shape index (κ3) is 3.25. The Morgan fingerprint density at radius 1 is 0.857 bits per heavy atom. The largest absolute Gasteiger partial charge is 0.570 e. The van der Waals surface area contributed by atoms with E-state index in [-0.39, 0.29) is 24.5 Å². The van der Waals surface area contributed by atoms with Gasteiger partial charge in [-0.15, -0.1) is 5.69 Å². The molecule has 0 radical (unpaired) electrons. The molecule has 102 valence electrons. The maximum atomic E-state index is 12.2. The number of hydrogen-bond donors (Lipinski definition) is 0. The second kappa shape index (κ2) is 6.28. The molecule has 5 nitrogen and oxygen atoms in total. The van der Waals surface area contributed by atoms with Crippen LogP contribution in [0, 0.1) is 0 Å². The number of benzene rings is 1. The summed E-state index contributed by atoms with van der Waals surface area (Å²) < 4.78 is 28.2. The molecule has 0 atom stereocenters.